The summed E-state index contributed by atoms with van der Waals surface area (Å²) in [4.78, 5) is 27.7. The molecule has 2 fully saturated rings. The molecule has 1 aromatic carbocycles. The molecule has 8 nitrogen and oxygen atoms in total. The van der Waals surface area contributed by atoms with Crippen LogP contribution in [0.2, 0.25) is 0 Å². The van der Waals surface area contributed by atoms with Gasteiger partial charge in [0.05, 0.1) is 19.3 Å². The van der Waals surface area contributed by atoms with Crippen LogP contribution in [0.4, 0.5) is 0 Å². The highest BCUT2D eigenvalue weighted by Gasteiger charge is 2.62. The summed E-state index contributed by atoms with van der Waals surface area (Å²) < 4.78 is 11.1. The second-order valence-corrected chi connectivity index (χ2v) is 6.96. The van der Waals surface area contributed by atoms with Crippen LogP contribution in [0.25, 0.3) is 10.8 Å². The first-order valence-electron chi connectivity index (χ1n) is 8.85. The first-order valence-corrected chi connectivity index (χ1v) is 8.85. The Balaban J connectivity index is 1.49. The van der Waals surface area contributed by atoms with Gasteiger partial charge in [0.15, 0.2) is 0 Å². The highest BCUT2D eigenvalue weighted by atomic mass is 16.5. The number of primary amides is 1. The highest BCUT2D eigenvalue weighted by molar-refractivity contribution is 6.01. The molecule has 0 bridgehead atoms. The number of piperidine rings is 1. The number of hydrogen-bond donors (Lipinski definition) is 3. The first-order chi connectivity index (χ1) is 13.0. The summed E-state index contributed by atoms with van der Waals surface area (Å²) >= 11 is 0. The van der Waals surface area contributed by atoms with Crippen molar-refractivity contribution in [3.05, 3.63) is 30.0 Å². The summed E-state index contributed by atoms with van der Waals surface area (Å²) in [6.07, 6.45) is 2.24. The van der Waals surface area contributed by atoms with Crippen LogP contribution < -0.4 is 20.5 Å². The maximum absolute atomic E-state index is 11.8. The van der Waals surface area contributed by atoms with E-state index < -0.39 is 5.91 Å². The van der Waals surface area contributed by atoms with Gasteiger partial charge in [0.25, 0.3) is 5.91 Å². The van der Waals surface area contributed by atoms with E-state index in [1.165, 1.54) is 7.11 Å². The fourth-order valence-corrected chi connectivity index (χ4v) is 4.13. The molecule has 8 heteroatoms. The maximum atomic E-state index is 11.8. The molecule has 0 spiro atoms. The Labute approximate surface area is 155 Å². The molecule has 1 aliphatic heterocycles. The van der Waals surface area contributed by atoms with Crippen molar-refractivity contribution in [1.82, 2.24) is 10.3 Å². The number of nitrogens with two attached hydrogens (primary N) is 1. The quantitative estimate of drug-likeness (QED) is 0.650. The molecule has 1 aliphatic carbocycles. The molecule has 1 aromatic heterocycles. The molecule has 0 unspecified atom stereocenters. The third kappa shape index (κ3) is 2.95. The standard InChI is InChI=1S/C19H21N3O5/c1-26-14-7-10-9(6-11(14)17(20)24)2-4-21-19(10)27-5-3-13-15-12(8-23)16(15)18(25)22-13/h2,4,6-7,12-13,15-16,23H,3,5,8H2,1H3,(H2,20,24)(H,22,25)/t12-,13+,15+,16+/m0/s1. The number of aromatic nitrogens is 1. The van der Waals surface area contributed by atoms with E-state index in [0.29, 0.717) is 35.6 Å². The molecule has 4 rings (SSSR count). The van der Waals surface area contributed by atoms with Crippen molar-refractivity contribution in [1.29, 1.82) is 0 Å². The lowest BCUT2D eigenvalue weighted by atomic mass is 10.1. The van der Waals surface area contributed by atoms with Crippen LogP contribution >= 0.6 is 0 Å². The van der Waals surface area contributed by atoms with Crippen LogP contribution in [-0.2, 0) is 4.79 Å². The predicted molar refractivity (Wildman–Crippen MR) is 96.4 cm³/mol. The van der Waals surface area contributed by atoms with E-state index in [0.717, 1.165) is 5.39 Å². The lowest BCUT2D eigenvalue weighted by Crippen LogP contribution is -2.34. The number of carbonyl (C=O) groups is 2. The molecule has 1 saturated heterocycles. The summed E-state index contributed by atoms with van der Waals surface area (Å²) in [6.45, 7) is 0.422. The Morgan fingerprint density at radius 2 is 2.22 bits per heavy atom. The topological polar surface area (TPSA) is 124 Å². The summed E-state index contributed by atoms with van der Waals surface area (Å²) in [5.74, 6) is 0.478. The number of pyridine rings is 1. The average Bonchev–Trinajstić information content (AvgIpc) is 3.32. The van der Waals surface area contributed by atoms with E-state index in [4.69, 9.17) is 15.2 Å². The van der Waals surface area contributed by atoms with E-state index in [1.807, 2.05) is 0 Å². The molecule has 2 heterocycles. The van der Waals surface area contributed by atoms with Gasteiger partial charge >= 0.3 is 0 Å². The molecule has 4 N–H and O–H groups in total. The SMILES string of the molecule is COc1cc2c(OCC[C@H]3NC(=O)[C@@H]4[C@@H](CO)[C@@H]43)nccc2cc1C(N)=O. The summed E-state index contributed by atoms with van der Waals surface area (Å²) in [5.41, 5.74) is 5.70. The van der Waals surface area contributed by atoms with E-state index in [9.17, 15) is 14.7 Å². The molecule has 2 aliphatic rings. The molecule has 1 saturated carbocycles. The van der Waals surface area contributed by atoms with Gasteiger partial charge in [0.2, 0.25) is 11.8 Å². The number of aliphatic hydroxyl groups is 1. The molecular weight excluding hydrogens is 350 g/mol. The Morgan fingerprint density at radius 3 is 2.89 bits per heavy atom. The molecule has 142 valence electrons. The Hall–Kier alpha value is -2.87. The van der Waals surface area contributed by atoms with Crippen molar-refractivity contribution in [3.8, 4) is 11.6 Å². The van der Waals surface area contributed by atoms with Gasteiger partial charge in [0, 0.05) is 36.6 Å². The number of rotatable bonds is 7. The molecule has 4 atom stereocenters. The van der Waals surface area contributed by atoms with Crippen molar-refractivity contribution in [3.63, 3.8) is 0 Å². The second-order valence-electron chi connectivity index (χ2n) is 6.96. The van der Waals surface area contributed by atoms with Gasteiger partial charge in [-0.15, -0.1) is 0 Å². The second kappa shape index (κ2) is 6.70. The normalized spacial score (nSPS) is 25.8. The number of carbonyl (C=O) groups excluding carboxylic acids is 2. The van der Waals surface area contributed by atoms with Gasteiger partial charge in [-0.25, -0.2) is 4.98 Å². The summed E-state index contributed by atoms with van der Waals surface area (Å²) in [7, 11) is 1.47. The van der Waals surface area contributed by atoms with Crippen LogP contribution in [-0.4, -0.2) is 48.3 Å². The first kappa shape index (κ1) is 17.5. The van der Waals surface area contributed by atoms with Crippen molar-refractivity contribution in [2.24, 2.45) is 23.5 Å². The Morgan fingerprint density at radius 1 is 1.41 bits per heavy atom. The van der Waals surface area contributed by atoms with Crippen molar-refractivity contribution in [2.75, 3.05) is 20.3 Å². The number of methoxy groups -OCH3 is 1. The van der Waals surface area contributed by atoms with Gasteiger partial charge in [-0.05, 0) is 35.4 Å². The molecule has 0 radical (unpaired) electrons. The number of aliphatic hydroxyl groups excluding tert-OH is 1. The highest BCUT2D eigenvalue weighted by Crippen LogP contribution is 2.52. The fourth-order valence-electron chi connectivity index (χ4n) is 4.13. The zero-order valence-corrected chi connectivity index (χ0v) is 14.8. The van der Waals surface area contributed by atoms with Crippen LogP contribution in [0.1, 0.15) is 16.8 Å². The smallest absolute Gasteiger partial charge is 0.252 e. The average molecular weight is 371 g/mol. The minimum Gasteiger partial charge on any atom is -0.496 e. The van der Waals surface area contributed by atoms with E-state index >= 15 is 0 Å². The number of amides is 2. The number of benzene rings is 1. The predicted octanol–water partition coefficient (Wildman–Crippen LogP) is 0.464. The number of nitrogens with zero attached hydrogens (tertiary/aromatic N) is 1. The monoisotopic (exact) mass is 371 g/mol. The third-order valence-electron chi connectivity index (χ3n) is 5.52. The van der Waals surface area contributed by atoms with Crippen molar-refractivity contribution in [2.45, 2.75) is 12.5 Å². The molecule has 2 amide bonds. The van der Waals surface area contributed by atoms with Gasteiger partial charge in [-0.3, -0.25) is 9.59 Å². The minimum atomic E-state index is -0.567. The maximum Gasteiger partial charge on any atom is 0.252 e. The minimum absolute atomic E-state index is 0.0191. The third-order valence-corrected chi connectivity index (χ3v) is 5.52. The van der Waals surface area contributed by atoms with Crippen LogP contribution in [0.15, 0.2) is 24.4 Å². The zero-order valence-electron chi connectivity index (χ0n) is 14.8. The number of nitrogens with one attached hydrogen (secondary N) is 1. The zero-order chi connectivity index (χ0) is 19.1. The Kier molecular flexibility index (Phi) is 4.35. The Bertz CT molecular complexity index is 916. The molecular formula is C19H21N3O5. The fraction of sp³-hybridized carbons (Fsp3) is 0.421. The van der Waals surface area contributed by atoms with E-state index in [1.54, 1.807) is 24.4 Å². The van der Waals surface area contributed by atoms with E-state index in [-0.39, 0.29) is 36.3 Å². The lowest BCUT2D eigenvalue weighted by molar-refractivity contribution is -0.121. The van der Waals surface area contributed by atoms with Gasteiger partial charge in [-0.2, -0.15) is 0 Å². The lowest BCUT2D eigenvalue weighted by Gasteiger charge is -2.16. The van der Waals surface area contributed by atoms with Gasteiger partial charge in [-0.1, -0.05) is 0 Å². The summed E-state index contributed by atoms with van der Waals surface area (Å²) in [5, 5.41) is 13.8. The number of hydrogen-bond acceptors (Lipinski definition) is 6. The van der Waals surface area contributed by atoms with Crippen molar-refractivity contribution < 1.29 is 24.2 Å². The van der Waals surface area contributed by atoms with Gasteiger partial charge < -0.3 is 25.6 Å². The van der Waals surface area contributed by atoms with Crippen molar-refractivity contribution >= 4 is 22.6 Å². The molecule has 2 aromatic rings. The van der Waals surface area contributed by atoms with Crippen LogP contribution in [0, 0.1) is 17.8 Å². The van der Waals surface area contributed by atoms with Gasteiger partial charge in [0.1, 0.15) is 5.75 Å². The largest absolute Gasteiger partial charge is 0.496 e. The number of ether oxygens (including phenoxy) is 2. The number of fused-ring (bicyclic) bond motifs is 2. The summed E-state index contributed by atoms with van der Waals surface area (Å²) in [6, 6.07) is 5.13. The van der Waals surface area contributed by atoms with Crippen LogP contribution in [0.5, 0.6) is 11.6 Å². The van der Waals surface area contributed by atoms with Crippen LogP contribution in [0.3, 0.4) is 0 Å². The molecule has 27 heavy (non-hydrogen) atoms. The van der Waals surface area contributed by atoms with E-state index in [2.05, 4.69) is 10.3 Å².